The number of carbonyl (C=O) groups excluding carboxylic acids is 1. The zero-order valence-electron chi connectivity index (χ0n) is 15.7. The maximum absolute atomic E-state index is 12.3. The normalized spacial score (nSPS) is 15.3. The molecule has 1 aliphatic rings. The predicted molar refractivity (Wildman–Crippen MR) is 108 cm³/mol. The van der Waals surface area contributed by atoms with Crippen molar-refractivity contribution in [1.82, 2.24) is 5.32 Å². The quantitative estimate of drug-likeness (QED) is 0.821. The van der Waals surface area contributed by atoms with Gasteiger partial charge in [-0.3, -0.25) is 4.79 Å². The second kappa shape index (κ2) is 9.11. The van der Waals surface area contributed by atoms with Crippen molar-refractivity contribution in [3.05, 3.63) is 58.6 Å². The van der Waals surface area contributed by atoms with Crippen molar-refractivity contribution in [3.8, 4) is 5.75 Å². The Bertz CT molecular complexity index is 773. The molecule has 0 radical (unpaired) electrons. The van der Waals surface area contributed by atoms with Gasteiger partial charge in [-0.05, 0) is 55.3 Å². The van der Waals surface area contributed by atoms with Crippen molar-refractivity contribution < 1.29 is 14.3 Å². The van der Waals surface area contributed by atoms with E-state index in [2.05, 4.69) is 22.3 Å². The lowest BCUT2D eigenvalue weighted by Gasteiger charge is -2.28. The van der Waals surface area contributed by atoms with Gasteiger partial charge in [-0.25, -0.2) is 0 Å². The molecule has 2 aromatic carbocycles. The minimum Gasteiger partial charge on any atom is -0.481 e. The number of halogens is 1. The second-order valence-corrected chi connectivity index (χ2v) is 7.06. The van der Waals surface area contributed by atoms with Crippen LogP contribution in [0.2, 0.25) is 5.02 Å². The molecule has 27 heavy (non-hydrogen) atoms. The summed E-state index contributed by atoms with van der Waals surface area (Å²) in [5.74, 6) is 0.481. The van der Waals surface area contributed by atoms with E-state index in [9.17, 15) is 4.79 Å². The third-order valence-corrected chi connectivity index (χ3v) is 5.01. The largest absolute Gasteiger partial charge is 0.481 e. The van der Waals surface area contributed by atoms with E-state index in [1.165, 1.54) is 5.69 Å². The molecule has 1 atom stereocenters. The van der Waals surface area contributed by atoms with Gasteiger partial charge in [-0.15, -0.1) is 0 Å². The highest BCUT2D eigenvalue weighted by atomic mass is 35.5. The number of benzene rings is 2. The molecule has 0 saturated carbocycles. The first-order chi connectivity index (χ1) is 13.0. The number of amides is 1. The zero-order chi connectivity index (χ0) is 19.2. The van der Waals surface area contributed by atoms with Crippen LogP contribution in [0.4, 0.5) is 5.69 Å². The summed E-state index contributed by atoms with van der Waals surface area (Å²) in [5, 5.41) is 3.60. The molecule has 1 aliphatic heterocycles. The van der Waals surface area contributed by atoms with Crippen molar-refractivity contribution in [2.45, 2.75) is 26.5 Å². The predicted octanol–water partition coefficient (Wildman–Crippen LogP) is 3.57. The summed E-state index contributed by atoms with van der Waals surface area (Å²) in [4.78, 5) is 14.6. The number of anilines is 1. The lowest BCUT2D eigenvalue weighted by atomic mass is 10.2. The van der Waals surface area contributed by atoms with Gasteiger partial charge in [0.1, 0.15) is 5.75 Å². The van der Waals surface area contributed by atoms with Crippen LogP contribution < -0.4 is 15.0 Å². The third kappa shape index (κ3) is 5.37. The number of morpholine rings is 1. The Hall–Kier alpha value is -2.24. The molecular formula is C21H25ClN2O3. The molecule has 0 spiro atoms. The minimum absolute atomic E-state index is 0.153. The SMILES string of the molecule is Cc1cc(O[C@H](C)C(=O)NCc2ccc(N3CCOCC3)cc2)ccc1Cl. The van der Waals surface area contributed by atoms with Gasteiger partial charge in [0.15, 0.2) is 6.10 Å². The number of rotatable bonds is 6. The molecule has 3 rings (SSSR count). The van der Waals surface area contributed by atoms with Crippen LogP contribution in [0, 0.1) is 6.92 Å². The summed E-state index contributed by atoms with van der Waals surface area (Å²) in [6.45, 7) is 7.47. The molecule has 0 unspecified atom stereocenters. The van der Waals surface area contributed by atoms with Crippen LogP contribution in [0.25, 0.3) is 0 Å². The molecule has 1 heterocycles. The highest BCUT2D eigenvalue weighted by Gasteiger charge is 2.15. The minimum atomic E-state index is -0.585. The molecule has 2 aromatic rings. The van der Waals surface area contributed by atoms with Gasteiger partial charge in [0.2, 0.25) is 0 Å². The second-order valence-electron chi connectivity index (χ2n) is 6.65. The van der Waals surface area contributed by atoms with Gasteiger partial charge < -0.3 is 19.7 Å². The van der Waals surface area contributed by atoms with Crippen LogP contribution in [0.3, 0.4) is 0 Å². The Morgan fingerprint density at radius 3 is 2.59 bits per heavy atom. The average Bonchev–Trinajstić information content (AvgIpc) is 2.70. The van der Waals surface area contributed by atoms with Crippen molar-refractivity contribution in [2.24, 2.45) is 0 Å². The van der Waals surface area contributed by atoms with Crippen molar-refractivity contribution >= 4 is 23.2 Å². The highest BCUT2D eigenvalue weighted by Crippen LogP contribution is 2.22. The monoisotopic (exact) mass is 388 g/mol. The van der Waals surface area contributed by atoms with E-state index in [0.717, 1.165) is 37.4 Å². The van der Waals surface area contributed by atoms with Crippen molar-refractivity contribution in [3.63, 3.8) is 0 Å². The van der Waals surface area contributed by atoms with E-state index in [0.29, 0.717) is 17.3 Å². The van der Waals surface area contributed by atoms with Crippen LogP contribution in [0.5, 0.6) is 5.75 Å². The first kappa shape index (κ1) is 19.5. The van der Waals surface area contributed by atoms with E-state index >= 15 is 0 Å². The fourth-order valence-corrected chi connectivity index (χ4v) is 3.04. The van der Waals surface area contributed by atoms with Gasteiger partial charge in [0.25, 0.3) is 5.91 Å². The molecule has 0 aliphatic carbocycles. The first-order valence-corrected chi connectivity index (χ1v) is 9.53. The maximum Gasteiger partial charge on any atom is 0.261 e. The van der Waals surface area contributed by atoms with Gasteiger partial charge in [0, 0.05) is 30.3 Å². The molecule has 1 fully saturated rings. The van der Waals surface area contributed by atoms with E-state index in [1.54, 1.807) is 19.1 Å². The maximum atomic E-state index is 12.3. The standard InChI is InChI=1S/C21H25ClN2O3/c1-15-13-19(7-8-20(15)22)27-16(2)21(25)23-14-17-3-5-18(6-4-17)24-9-11-26-12-10-24/h3-8,13,16H,9-12,14H2,1-2H3,(H,23,25)/t16-/m1/s1. The molecule has 144 valence electrons. The van der Waals surface area contributed by atoms with E-state index in [-0.39, 0.29) is 5.91 Å². The fourth-order valence-electron chi connectivity index (χ4n) is 2.93. The number of ether oxygens (including phenoxy) is 2. The molecule has 1 N–H and O–H groups in total. The number of aryl methyl sites for hydroxylation is 1. The number of nitrogens with one attached hydrogen (secondary N) is 1. The average molecular weight is 389 g/mol. The van der Waals surface area contributed by atoms with E-state index in [1.807, 2.05) is 25.1 Å². The van der Waals surface area contributed by atoms with Crippen molar-refractivity contribution in [1.29, 1.82) is 0 Å². The van der Waals surface area contributed by atoms with Gasteiger partial charge in [-0.1, -0.05) is 23.7 Å². The van der Waals surface area contributed by atoms with Crippen LogP contribution in [0.15, 0.2) is 42.5 Å². The lowest BCUT2D eigenvalue weighted by Crippen LogP contribution is -2.36. The molecule has 1 amide bonds. The van der Waals surface area contributed by atoms with E-state index < -0.39 is 6.10 Å². The summed E-state index contributed by atoms with van der Waals surface area (Å²) >= 11 is 6.01. The first-order valence-electron chi connectivity index (χ1n) is 9.15. The topological polar surface area (TPSA) is 50.8 Å². The summed E-state index contributed by atoms with van der Waals surface area (Å²) in [5.41, 5.74) is 3.15. The highest BCUT2D eigenvalue weighted by molar-refractivity contribution is 6.31. The molecule has 0 bridgehead atoms. The molecular weight excluding hydrogens is 364 g/mol. The number of hydrogen-bond donors (Lipinski definition) is 1. The zero-order valence-corrected chi connectivity index (χ0v) is 16.5. The van der Waals surface area contributed by atoms with Crippen LogP contribution >= 0.6 is 11.6 Å². The van der Waals surface area contributed by atoms with Gasteiger partial charge in [-0.2, -0.15) is 0 Å². The van der Waals surface area contributed by atoms with Gasteiger partial charge in [0.05, 0.1) is 13.2 Å². The summed E-state index contributed by atoms with van der Waals surface area (Å²) < 4.78 is 11.1. The Kier molecular flexibility index (Phi) is 6.58. The smallest absolute Gasteiger partial charge is 0.261 e. The Morgan fingerprint density at radius 2 is 1.93 bits per heavy atom. The lowest BCUT2D eigenvalue weighted by molar-refractivity contribution is -0.127. The summed E-state index contributed by atoms with van der Waals surface area (Å²) in [6.07, 6.45) is -0.585. The Labute approximate surface area is 165 Å². The van der Waals surface area contributed by atoms with Crippen LogP contribution in [0.1, 0.15) is 18.1 Å². The molecule has 0 aromatic heterocycles. The molecule has 5 nitrogen and oxygen atoms in total. The van der Waals surface area contributed by atoms with Crippen LogP contribution in [-0.2, 0) is 16.1 Å². The third-order valence-electron chi connectivity index (χ3n) is 4.59. The summed E-state index contributed by atoms with van der Waals surface area (Å²) in [6, 6.07) is 13.6. The Morgan fingerprint density at radius 1 is 1.22 bits per heavy atom. The fraction of sp³-hybridized carbons (Fsp3) is 0.381. The number of nitrogens with zero attached hydrogens (tertiary/aromatic N) is 1. The van der Waals surface area contributed by atoms with Crippen molar-refractivity contribution in [2.75, 3.05) is 31.2 Å². The van der Waals surface area contributed by atoms with Crippen LogP contribution in [-0.4, -0.2) is 38.3 Å². The number of hydrogen-bond acceptors (Lipinski definition) is 4. The summed E-state index contributed by atoms with van der Waals surface area (Å²) in [7, 11) is 0. The van der Waals surface area contributed by atoms with E-state index in [4.69, 9.17) is 21.1 Å². The molecule has 1 saturated heterocycles. The Balaban J connectivity index is 1.49. The molecule has 6 heteroatoms. The number of carbonyl (C=O) groups is 1. The van der Waals surface area contributed by atoms with Gasteiger partial charge >= 0.3 is 0 Å².